The summed E-state index contributed by atoms with van der Waals surface area (Å²) in [7, 11) is 1.98. The largest absolute Gasteiger partial charge is 0.325 e. The smallest absolute Gasteiger partial charge is 0.0163 e. The van der Waals surface area contributed by atoms with Gasteiger partial charge in [0.2, 0.25) is 0 Å². The highest BCUT2D eigenvalue weighted by molar-refractivity contribution is 4.84. The van der Waals surface area contributed by atoms with Crippen LogP contribution in [0.5, 0.6) is 0 Å². The monoisotopic (exact) mass is 158 g/mol. The van der Waals surface area contributed by atoms with Crippen LogP contribution in [-0.4, -0.2) is 18.6 Å². The molecule has 2 nitrogen and oxygen atoms in total. The normalized spacial score (nSPS) is 15.0. The molecule has 2 heteroatoms. The average Bonchev–Trinajstić information content (AvgIpc) is 2.04. The first-order chi connectivity index (χ1) is 5.08. The van der Waals surface area contributed by atoms with Crippen LogP contribution in [0.2, 0.25) is 0 Å². The summed E-state index contributed by atoms with van der Waals surface area (Å²) in [5, 5.41) is 3.21. The molecule has 0 aromatic carbocycles. The van der Waals surface area contributed by atoms with E-state index in [-0.39, 0.29) is 5.54 Å². The van der Waals surface area contributed by atoms with Crippen LogP contribution in [0.15, 0.2) is 0 Å². The molecule has 0 heterocycles. The highest BCUT2D eigenvalue weighted by Crippen LogP contribution is 2.17. The third-order valence-electron chi connectivity index (χ3n) is 2.61. The molecule has 11 heavy (non-hydrogen) atoms. The molecule has 0 aliphatic rings. The number of hydrogen-bond acceptors (Lipinski definition) is 2. The fourth-order valence-electron chi connectivity index (χ4n) is 1.25. The molecule has 1 unspecified atom stereocenters. The van der Waals surface area contributed by atoms with E-state index in [9.17, 15) is 0 Å². The molecule has 0 saturated carbocycles. The second kappa shape index (κ2) is 4.73. The molecule has 0 radical (unpaired) electrons. The van der Waals surface area contributed by atoms with E-state index in [0.717, 1.165) is 19.3 Å². The molecule has 1 atom stereocenters. The Morgan fingerprint density at radius 3 is 2.09 bits per heavy atom. The third-order valence-corrected chi connectivity index (χ3v) is 2.61. The Bertz CT molecular complexity index is 97.7. The zero-order chi connectivity index (χ0) is 8.91. The molecular weight excluding hydrogens is 136 g/mol. The Hall–Kier alpha value is -0.0800. The number of rotatable bonds is 5. The quantitative estimate of drug-likeness (QED) is 0.636. The Morgan fingerprint density at radius 1 is 1.36 bits per heavy atom. The van der Waals surface area contributed by atoms with E-state index in [1.54, 1.807) is 0 Å². The minimum Gasteiger partial charge on any atom is -0.325 e. The SMILES string of the molecule is CCC(N)(CC)CC(C)NC. The number of hydrogen-bond donors (Lipinski definition) is 2. The Labute approximate surface area is 70.5 Å². The van der Waals surface area contributed by atoms with Gasteiger partial charge in [-0.3, -0.25) is 0 Å². The van der Waals surface area contributed by atoms with E-state index < -0.39 is 0 Å². The van der Waals surface area contributed by atoms with Crippen LogP contribution < -0.4 is 11.1 Å². The van der Waals surface area contributed by atoms with Crippen molar-refractivity contribution in [2.24, 2.45) is 5.73 Å². The van der Waals surface area contributed by atoms with Gasteiger partial charge in [-0.25, -0.2) is 0 Å². The topological polar surface area (TPSA) is 38.0 Å². The van der Waals surface area contributed by atoms with E-state index in [1.165, 1.54) is 0 Å². The van der Waals surface area contributed by atoms with Crippen LogP contribution in [0.25, 0.3) is 0 Å². The van der Waals surface area contributed by atoms with Crippen LogP contribution >= 0.6 is 0 Å². The lowest BCUT2D eigenvalue weighted by molar-refractivity contribution is 0.327. The molecule has 3 N–H and O–H groups in total. The van der Waals surface area contributed by atoms with Crippen molar-refractivity contribution >= 4 is 0 Å². The zero-order valence-corrected chi connectivity index (χ0v) is 8.28. The summed E-state index contributed by atoms with van der Waals surface area (Å²) in [5.41, 5.74) is 6.18. The Kier molecular flexibility index (Phi) is 4.69. The van der Waals surface area contributed by atoms with Gasteiger partial charge in [-0.15, -0.1) is 0 Å². The van der Waals surface area contributed by atoms with Gasteiger partial charge >= 0.3 is 0 Å². The maximum Gasteiger partial charge on any atom is 0.0163 e. The lowest BCUT2D eigenvalue weighted by Gasteiger charge is -2.29. The molecule has 0 rings (SSSR count). The highest BCUT2D eigenvalue weighted by atomic mass is 14.9. The van der Waals surface area contributed by atoms with Gasteiger partial charge < -0.3 is 11.1 Å². The van der Waals surface area contributed by atoms with Crippen molar-refractivity contribution in [2.45, 2.75) is 51.6 Å². The first kappa shape index (κ1) is 10.9. The summed E-state index contributed by atoms with van der Waals surface area (Å²) in [6.45, 7) is 6.49. The average molecular weight is 158 g/mol. The van der Waals surface area contributed by atoms with E-state index in [4.69, 9.17) is 5.73 Å². The summed E-state index contributed by atoms with van der Waals surface area (Å²) in [6.07, 6.45) is 3.20. The fraction of sp³-hybridized carbons (Fsp3) is 1.00. The van der Waals surface area contributed by atoms with Gasteiger partial charge in [0.25, 0.3) is 0 Å². The lowest BCUT2D eigenvalue weighted by atomic mass is 9.87. The summed E-state index contributed by atoms with van der Waals surface area (Å²) in [6, 6.07) is 0.528. The molecular formula is C9H22N2. The predicted molar refractivity (Wildman–Crippen MR) is 50.6 cm³/mol. The molecule has 0 spiro atoms. The molecule has 0 aromatic rings. The maximum absolute atomic E-state index is 6.13. The molecule has 0 aliphatic carbocycles. The number of nitrogens with one attached hydrogen (secondary N) is 1. The van der Waals surface area contributed by atoms with Crippen molar-refractivity contribution in [3.05, 3.63) is 0 Å². The molecule has 0 amide bonds. The van der Waals surface area contributed by atoms with Gasteiger partial charge in [0, 0.05) is 11.6 Å². The molecule has 0 aliphatic heterocycles. The van der Waals surface area contributed by atoms with Crippen molar-refractivity contribution in [3.63, 3.8) is 0 Å². The minimum atomic E-state index is 0.0441. The van der Waals surface area contributed by atoms with E-state index >= 15 is 0 Å². The van der Waals surface area contributed by atoms with Crippen molar-refractivity contribution in [1.29, 1.82) is 0 Å². The first-order valence-corrected chi connectivity index (χ1v) is 4.54. The van der Waals surface area contributed by atoms with Crippen LogP contribution in [0, 0.1) is 0 Å². The summed E-state index contributed by atoms with van der Waals surface area (Å²) >= 11 is 0. The minimum absolute atomic E-state index is 0.0441. The van der Waals surface area contributed by atoms with Crippen molar-refractivity contribution in [1.82, 2.24) is 5.32 Å². The van der Waals surface area contributed by atoms with Crippen LogP contribution in [0.3, 0.4) is 0 Å². The lowest BCUT2D eigenvalue weighted by Crippen LogP contribution is -2.43. The number of nitrogens with two attached hydrogens (primary N) is 1. The van der Waals surface area contributed by atoms with Gasteiger partial charge in [0.1, 0.15) is 0 Å². The van der Waals surface area contributed by atoms with E-state index in [0.29, 0.717) is 6.04 Å². The second-order valence-corrected chi connectivity index (χ2v) is 3.46. The van der Waals surface area contributed by atoms with E-state index in [1.807, 2.05) is 7.05 Å². The molecule has 0 fully saturated rings. The van der Waals surface area contributed by atoms with Crippen molar-refractivity contribution in [2.75, 3.05) is 7.05 Å². The second-order valence-electron chi connectivity index (χ2n) is 3.46. The van der Waals surface area contributed by atoms with Gasteiger partial charge in [-0.2, -0.15) is 0 Å². The van der Waals surface area contributed by atoms with Crippen LogP contribution in [-0.2, 0) is 0 Å². The summed E-state index contributed by atoms with van der Waals surface area (Å²) in [4.78, 5) is 0. The van der Waals surface area contributed by atoms with Crippen LogP contribution in [0.1, 0.15) is 40.0 Å². The van der Waals surface area contributed by atoms with Crippen molar-refractivity contribution in [3.8, 4) is 0 Å². The summed E-state index contributed by atoms with van der Waals surface area (Å²) < 4.78 is 0. The molecule has 0 aromatic heterocycles. The maximum atomic E-state index is 6.13. The molecule has 0 saturated heterocycles. The Balaban J connectivity index is 3.86. The van der Waals surface area contributed by atoms with Gasteiger partial charge in [0.05, 0.1) is 0 Å². The van der Waals surface area contributed by atoms with Gasteiger partial charge in [-0.1, -0.05) is 13.8 Å². The van der Waals surface area contributed by atoms with E-state index in [2.05, 4.69) is 26.1 Å². The van der Waals surface area contributed by atoms with Gasteiger partial charge in [-0.05, 0) is 33.2 Å². The third kappa shape index (κ3) is 3.73. The van der Waals surface area contributed by atoms with Crippen LogP contribution in [0.4, 0.5) is 0 Å². The predicted octanol–water partition coefficient (Wildman–Crippen LogP) is 1.50. The molecule has 0 bridgehead atoms. The standard InChI is InChI=1S/C9H22N2/c1-5-9(10,6-2)7-8(3)11-4/h8,11H,5-7,10H2,1-4H3. The summed E-state index contributed by atoms with van der Waals surface area (Å²) in [5.74, 6) is 0. The van der Waals surface area contributed by atoms with Crippen molar-refractivity contribution < 1.29 is 0 Å². The first-order valence-electron chi connectivity index (χ1n) is 4.54. The van der Waals surface area contributed by atoms with Gasteiger partial charge in [0.15, 0.2) is 0 Å². The molecule has 68 valence electrons. The zero-order valence-electron chi connectivity index (χ0n) is 8.28. The fourth-order valence-corrected chi connectivity index (χ4v) is 1.25. The highest BCUT2D eigenvalue weighted by Gasteiger charge is 2.21. The Morgan fingerprint density at radius 2 is 1.82 bits per heavy atom.